The Bertz CT molecular complexity index is 2480. The van der Waals surface area contributed by atoms with Crippen molar-refractivity contribution < 1.29 is 0 Å². The lowest BCUT2D eigenvalue weighted by Crippen LogP contribution is -2.10. The molecule has 0 saturated carbocycles. The maximum Gasteiger partial charge on any atom is 0.0541 e. The summed E-state index contributed by atoms with van der Waals surface area (Å²) in [5, 5.41) is 5.29. The van der Waals surface area contributed by atoms with Gasteiger partial charge in [0.25, 0.3) is 0 Å². The number of rotatable bonds is 9. The molecule has 0 aliphatic carbocycles. The van der Waals surface area contributed by atoms with Crippen LogP contribution >= 0.6 is 0 Å². The van der Waals surface area contributed by atoms with Crippen molar-refractivity contribution in [2.24, 2.45) is 5.92 Å². The summed E-state index contributed by atoms with van der Waals surface area (Å²) in [6, 6.07) is 28.3. The highest BCUT2D eigenvalue weighted by Gasteiger charge is 2.23. The van der Waals surface area contributed by atoms with Crippen LogP contribution in [0.2, 0.25) is 0 Å². The molecule has 0 bridgehead atoms. The van der Waals surface area contributed by atoms with Gasteiger partial charge in [-0.15, -0.1) is 6.58 Å². The van der Waals surface area contributed by atoms with Crippen LogP contribution in [0.5, 0.6) is 0 Å². The lowest BCUT2D eigenvalue weighted by molar-refractivity contribution is 0.590. The summed E-state index contributed by atoms with van der Waals surface area (Å²) in [6.45, 7) is 38.5. The van der Waals surface area contributed by atoms with Gasteiger partial charge in [-0.05, 0) is 144 Å². The van der Waals surface area contributed by atoms with Gasteiger partial charge in [0.1, 0.15) is 0 Å². The van der Waals surface area contributed by atoms with Crippen LogP contribution < -0.4 is 0 Å². The van der Waals surface area contributed by atoms with E-state index in [1.807, 2.05) is 0 Å². The van der Waals surface area contributed by atoms with Gasteiger partial charge in [-0.1, -0.05) is 137 Å². The average molecular weight is 771 g/mol. The maximum absolute atomic E-state index is 4.14. The number of allylic oxidation sites excluding steroid dienone is 9. The van der Waals surface area contributed by atoms with E-state index >= 15 is 0 Å². The fourth-order valence-electron chi connectivity index (χ4n) is 8.27. The van der Waals surface area contributed by atoms with Gasteiger partial charge in [0.15, 0.2) is 0 Å². The van der Waals surface area contributed by atoms with E-state index in [1.54, 1.807) is 0 Å². The first kappa shape index (κ1) is 42.8. The predicted octanol–water partition coefficient (Wildman–Crippen LogP) is 16.6. The van der Waals surface area contributed by atoms with E-state index in [2.05, 4.69) is 229 Å². The van der Waals surface area contributed by atoms with Gasteiger partial charge in [-0.25, -0.2) is 0 Å². The van der Waals surface area contributed by atoms with Gasteiger partial charge in [0.2, 0.25) is 0 Å². The third kappa shape index (κ3) is 8.63. The molecule has 0 aliphatic heterocycles. The molecule has 0 aliphatic rings. The number of hydrogen-bond donors (Lipinski definition) is 0. The van der Waals surface area contributed by atoms with Crippen LogP contribution in [0.15, 0.2) is 121 Å². The molecule has 2 heteroatoms. The molecular weight excluding hydrogens is 701 g/mol. The molecule has 0 radical (unpaired) electrons. The Hall–Kier alpha value is -4.82. The van der Waals surface area contributed by atoms with Gasteiger partial charge < -0.3 is 9.13 Å². The normalized spacial score (nSPS) is 14.2. The Morgan fingerprint density at radius 3 is 1.22 bits per heavy atom. The number of nitrogens with zero attached hydrogens (tertiary/aromatic N) is 2. The van der Waals surface area contributed by atoms with Crippen molar-refractivity contribution >= 4 is 55.0 Å². The van der Waals surface area contributed by atoms with E-state index in [0.717, 1.165) is 12.8 Å². The van der Waals surface area contributed by atoms with Crippen LogP contribution in [0.3, 0.4) is 0 Å². The van der Waals surface area contributed by atoms with E-state index in [-0.39, 0.29) is 21.7 Å². The molecule has 0 spiro atoms. The fourth-order valence-corrected chi connectivity index (χ4v) is 8.27. The standard InChI is InChI=1S/C56H70N2/c1-17-20-39(22-18-21-38(4)57-49-29-25-40(53(5,6)7)33-44(49)45-34-41(54(8,9)10)26-30-50(45)57)23-19-24-48(37(2)3)58-51-31-27-42(55(11,12)13)35-46(51)47-36-43(56(14,15)16)28-32-52(47)58/h17-19,21-22,24-36,39H,1,20,23H2,2-16H3/b22-18-,24-19-,38-21+. The number of fused-ring (bicyclic) bond motifs is 6. The van der Waals surface area contributed by atoms with E-state index in [9.17, 15) is 0 Å². The fraction of sp³-hybridized carbons (Fsp3) is 0.393. The summed E-state index contributed by atoms with van der Waals surface area (Å²) in [5.41, 5.74) is 14.5. The smallest absolute Gasteiger partial charge is 0.0541 e. The molecule has 1 atom stereocenters. The Kier molecular flexibility index (Phi) is 11.6. The van der Waals surface area contributed by atoms with E-state index < -0.39 is 0 Å². The van der Waals surface area contributed by atoms with Gasteiger partial charge in [-0.3, -0.25) is 0 Å². The van der Waals surface area contributed by atoms with Gasteiger partial charge in [0, 0.05) is 32.9 Å². The first-order chi connectivity index (χ1) is 27.0. The van der Waals surface area contributed by atoms with Crippen molar-refractivity contribution in [3.8, 4) is 0 Å². The number of aromatic nitrogens is 2. The zero-order valence-electron chi connectivity index (χ0n) is 38.5. The zero-order chi connectivity index (χ0) is 42.5. The summed E-state index contributed by atoms with van der Waals surface area (Å²) in [4.78, 5) is 0. The minimum atomic E-state index is 0.0701. The van der Waals surface area contributed by atoms with Crippen molar-refractivity contribution in [1.29, 1.82) is 0 Å². The van der Waals surface area contributed by atoms with Crippen LogP contribution in [0.4, 0.5) is 0 Å². The van der Waals surface area contributed by atoms with E-state index in [1.165, 1.54) is 82.8 Å². The second-order valence-corrected chi connectivity index (χ2v) is 21.1. The summed E-state index contributed by atoms with van der Waals surface area (Å²) in [5.74, 6) is 0.333. The second-order valence-electron chi connectivity index (χ2n) is 21.1. The Morgan fingerprint density at radius 2 is 0.897 bits per heavy atom. The third-order valence-electron chi connectivity index (χ3n) is 12.0. The molecule has 0 N–H and O–H groups in total. The predicted molar refractivity (Wildman–Crippen MR) is 259 cm³/mol. The lowest BCUT2D eigenvalue weighted by Gasteiger charge is -2.19. The zero-order valence-corrected chi connectivity index (χ0v) is 38.5. The first-order valence-electron chi connectivity index (χ1n) is 21.5. The van der Waals surface area contributed by atoms with Crippen LogP contribution in [0.25, 0.3) is 55.0 Å². The summed E-state index contributed by atoms with van der Waals surface area (Å²) >= 11 is 0. The van der Waals surface area contributed by atoms with Crippen LogP contribution in [-0.2, 0) is 21.7 Å². The molecule has 2 heterocycles. The van der Waals surface area contributed by atoms with E-state index in [0.29, 0.717) is 5.92 Å². The summed E-state index contributed by atoms with van der Waals surface area (Å²) in [7, 11) is 0. The van der Waals surface area contributed by atoms with Crippen molar-refractivity contribution in [2.45, 2.75) is 138 Å². The lowest BCUT2D eigenvalue weighted by atomic mass is 9.85. The number of hydrogen-bond acceptors (Lipinski definition) is 0. The molecular formula is C56H70N2. The quantitative estimate of drug-likeness (QED) is 0.102. The van der Waals surface area contributed by atoms with Crippen LogP contribution in [0.1, 0.15) is 139 Å². The number of benzene rings is 4. The Labute approximate surface area is 350 Å². The van der Waals surface area contributed by atoms with Crippen LogP contribution in [0, 0.1) is 5.92 Å². The molecule has 0 saturated heterocycles. The van der Waals surface area contributed by atoms with Crippen molar-refractivity contribution in [3.05, 3.63) is 144 Å². The molecule has 0 fully saturated rings. The summed E-state index contributed by atoms with van der Waals surface area (Å²) in [6.07, 6.45) is 15.5. The SMILES string of the molecule is C=CCC(/C=C\C=C(/C)n1c2ccc(C(C)(C)C)cc2c2cc(C(C)(C)C)ccc21)C/C=C\C(=C(C)C)n1c2ccc(C(C)(C)C)cc2c2cc(C(C)(C)C)ccc21. The van der Waals surface area contributed by atoms with Gasteiger partial charge in [0.05, 0.1) is 22.1 Å². The highest BCUT2D eigenvalue weighted by Crippen LogP contribution is 2.40. The minimum absolute atomic E-state index is 0.0701. The first-order valence-corrected chi connectivity index (χ1v) is 21.5. The Morgan fingerprint density at radius 1 is 0.534 bits per heavy atom. The molecule has 2 aromatic heterocycles. The average Bonchev–Trinajstić information content (AvgIpc) is 3.63. The molecule has 0 amide bonds. The molecule has 58 heavy (non-hydrogen) atoms. The molecule has 6 aromatic rings. The topological polar surface area (TPSA) is 9.86 Å². The third-order valence-corrected chi connectivity index (χ3v) is 12.0. The van der Waals surface area contributed by atoms with E-state index in [4.69, 9.17) is 0 Å². The largest absolute Gasteiger partial charge is 0.313 e. The van der Waals surface area contributed by atoms with Crippen molar-refractivity contribution in [2.75, 3.05) is 0 Å². The maximum atomic E-state index is 4.14. The Balaban J connectivity index is 1.34. The van der Waals surface area contributed by atoms with Gasteiger partial charge >= 0.3 is 0 Å². The highest BCUT2D eigenvalue weighted by molar-refractivity contribution is 6.12. The van der Waals surface area contributed by atoms with Gasteiger partial charge in [-0.2, -0.15) is 0 Å². The molecule has 2 nitrogen and oxygen atoms in total. The second kappa shape index (κ2) is 15.7. The summed E-state index contributed by atoms with van der Waals surface area (Å²) < 4.78 is 4.93. The highest BCUT2D eigenvalue weighted by atomic mass is 15.0. The molecule has 6 rings (SSSR count). The van der Waals surface area contributed by atoms with Crippen molar-refractivity contribution in [3.63, 3.8) is 0 Å². The van der Waals surface area contributed by atoms with Crippen LogP contribution in [-0.4, -0.2) is 9.13 Å². The molecule has 4 aromatic carbocycles. The molecule has 1 unspecified atom stereocenters. The molecule has 304 valence electrons. The monoisotopic (exact) mass is 771 g/mol. The van der Waals surface area contributed by atoms with Crippen molar-refractivity contribution in [1.82, 2.24) is 9.13 Å². The minimum Gasteiger partial charge on any atom is -0.313 e.